The van der Waals surface area contributed by atoms with Crippen molar-refractivity contribution in [3.05, 3.63) is 29.3 Å². The summed E-state index contributed by atoms with van der Waals surface area (Å²) >= 11 is 0. The summed E-state index contributed by atoms with van der Waals surface area (Å²) in [5.74, 6) is 0.694. The van der Waals surface area contributed by atoms with Gasteiger partial charge >= 0.3 is 5.97 Å². The summed E-state index contributed by atoms with van der Waals surface area (Å²) in [7, 11) is 0. The number of ketones is 1. The molecule has 0 atom stereocenters. The summed E-state index contributed by atoms with van der Waals surface area (Å²) in [5, 5.41) is 0. The highest BCUT2D eigenvalue weighted by Crippen LogP contribution is 2.24. The third-order valence-corrected chi connectivity index (χ3v) is 3.18. The van der Waals surface area contributed by atoms with Gasteiger partial charge in [0.2, 0.25) is 0 Å². The molecule has 0 aliphatic rings. The average molecular weight is 292 g/mol. The third kappa shape index (κ3) is 5.98. The molecule has 116 valence electrons. The van der Waals surface area contributed by atoms with E-state index in [1.54, 1.807) is 6.92 Å². The van der Waals surface area contributed by atoms with Crippen LogP contribution in [0.25, 0.3) is 0 Å². The Morgan fingerprint density at radius 2 is 1.90 bits per heavy atom. The van der Waals surface area contributed by atoms with Gasteiger partial charge in [0.1, 0.15) is 12.4 Å². The number of hydrogen-bond donors (Lipinski definition) is 0. The van der Waals surface area contributed by atoms with Crippen LogP contribution in [0.15, 0.2) is 18.2 Å². The van der Waals surface area contributed by atoms with Gasteiger partial charge < -0.3 is 9.47 Å². The monoisotopic (exact) mass is 292 g/mol. The van der Waals surface area contributed by atoms with Crippen molar-refractivity contribution >= 4 is 11.8 Å². The Labute approximate surface area is 126 Å². The lowest BCUT2D eigenvalue weighted by Crippen LogP contribution is -2.14. The largest absolute Gasteiger partial charge is 0.486 e. The number of aryl methyl sites for hydroxylation is 1. The van der Waals surface area contributed by atoms with Crippen LogP contribution in [0.1, 0.15) is 50.7 Å². The van der Waals surface area contributed by atoms with Crippen LogP contribution in [0.2, 0.25) is 0 Å². The molecule has 0 unspecified atom stereocenters. The number of rotatable bonds is 8. The van der Waals surface area contributed by atoms with E-state index in [1.807, 2.05) is 19.1 Å². The van der Waals surface area contributed by atoms with E-state index in [2.05, 4.69) is 19.9 Å². The van der Waals surface area contributed by atoms with Crippen LogP contribution in [-0.4, -0.2) is 25.0 Å². The molecule has 1 aromatic rings. The van der Waals surface area contributed by atoms with E-state index in [-0.39, 0.29) is 31.2 Å². The van der Waals surface area contributed by atoms with E-state index in [0.717, 1.165) is 11.3 Å². The van der Waals surface area contributed by atoms with Crippen molar-refractivity contribution in [1.82, 2.24) is 0 Å². The molecule has 0 heterocycles. The van der Waals surface area contributed by atoms with Crippen molar-refractivity contribution in [3.8, 4) is 5.75 Å². The summed E-state index contributed by atoms with van der Waals surface area (Å²) in [5.41, 5.74) is 2.17. The fraction of sp³-hybridized carbons (Fsp3) is 0.529. The molecule has 0 saturated heterocycles. The van der Waals surface area contributed by atoms with E-state index in [0.29, 0.717) is 12.5 Å². The van der Waals surface area contributed by atoms with Crippen LogP contribution in [0.5, 0.6) is 5.75 Å². The summed E-state index contributed by atoms with van der Waals surface area (Å²) in [4.78, 5) is 22.9. The summed E-state index contributed by atoms with van der Waals surface area (Å²) in [6.45, 7) is 8.24. The molecule has 0 spiro atoms. The molecule has 0 amide bonds. The molecular formula is C17H24O4. The predicted octanol–water partition coefficient (Wildman–Crippen LogP) is 3.41. The molecule has 21 heavy (non-hydrogen) atoms. The molecule has 0 radical (unpaired) electrons. The number of Topliss-reactive ketones (excluding diaryl/α,β-unsaturated/α-hetero) is 1. The highest BCUT2D eigenvalue weighted by molar-refractivity contribution is 5.84. The minimum atomic E-state index is -0.344. The molecule has 1 rings (SSSR count). The Balaban J connectivity index is 2.49. The molecule has 4 nitrogen and oxygen atoms in total. The summed E-state index contributed by atoms with van der Waals surface area (Å²) in [6.07, 6.45) is 0.267. The average Bonchev–Trinajstić information content (AvgIpc) is 2.44. The molecule has 0 aliphatic heterocycles. The molecule has 0 N–H and O–H groups in total. The number of carbonyl (C=O) groups excluding carboxylic acids is 2. The molecular weight excluding hydrogens is 268 g/mol. The number of esters is 1. The van der Waals surface area contributed by atoms with Crippen LogP contribution in [0.4, 0.5) is 0 Å². The van der Waals surface area contributed by atoms with Crippen molar-refractivity contribution in [2.75, 3.05) is 13.2 Å². The van der Waals surface area contributed by atoms with Gasteiger partial charge in [-0.25, -0.2) is 0 Å². The molecule has 4 heteroatoms. The lowest BCUT2D eigenvalue weighted by Gasteiger charge is -2.12. The van der Waals surface area contributed by atoms with Crippen molar-refractivity contribution in [2.24, 2.45) is 0 Å². The van der Waals surface area contributed by atoms with Gasteiger partial charge in [0.05, 0.1) is 13.0 Å². The van der Waals surface area contributed by atoms with Gasteiger partial charge in [0.15, 0.2) is 5.78 Å². The summed E-state index contributed by atoms with van der Waals surface area (Å²) < 4.78 is 10.4. The second kappa shape index (κ2) is 8.45. The molecule has 1 aromatic carbocycles. The SMILES string of the molecule is CCOC(=O)CCC(=O)COc1cc(C(C)C)ccc1C. The maximum Gasteiger partial charge on any atom is 0.306 e. The van der Waals surface area contributed by atoms with Crippen LogP contribution in [0, 0.1) is 6.92 Å². The van der Waals surface area contributed by atoms with E-state index < -0.39 is 0 Å². The maximum atomic E-state index is 11.7. The topological polar surface area (TPSA) is 52.6 Å². The zero-order chi connectivity index (χ0) is 15.8. The minimum absolute atomic E-state index is 0.0121. The fourth-order valence-corrected chi connectivity index (χ4v) is 1.84. The number of ether oxygens (including phenoxy) is 2. The highest BCUT2D eigenvalue weighted by Gasteiger charge is 2.10. The first-order valence-corrected chi connectivity index (χ1v) is 7.34. The Morgan fingerprint density at radius 3 is 2.52 bits per heavy atom. The Kier molecular flexibility index (Phi) is 6.92. The van der Waals surface area contributed by atoms with E-state index >= 15 is 0 Å². The molecule has 0 fully saturated rings. The molecule has 0 aromatic heterocycles. The highest BCUT2D eigenvalue weighted by atomic mass is 16.5. The molecule has 0 aliphatic carbocycles. The van der Waals surface area contributed by atoms with Gasteiger partial charge in [-0.05, 0) is 37.0 Å². The second-order valence-electron chi connectivity index (χ2n) is 5.31. The van der Waals surface area contributed by atoms with E-state index in [9.17, 15) is 9.59 Å². The summed E-state index contributed by atoms with van der Waals surface area (Å²) in [6, 6.07) is 6.03. The lowest BCUT2D eigenvalue weighted by atomic mass is 10.0. The first-order valence-electron chi connectivity index (χ1n) is 7.34. The first-order chi connectivity index (χ1) is 9.93. The quantitative estimate of drug-likeness (QED) is 0.689. The van der Waals surface area contributed by atoms with Crippen molar-refractivity contribution < 1.29 is 19.1 Å². The van der Waals surface area contributed by atoms with Crippen LogP contribution in [0.3, 0.4) is 0 Å². The minimum Gasteiger partial charge on any atom is -0.486 e. The Morgan fingerprint density at radius 1 is 1.19 bits per heavy atom. The first kappa shape index (κ1) is 17.2. The van der Waals surface area contributed by atoms with Crippen LogP contribution < -0.4 is 4.74 Å². The van der Waals surface area contributed by atoms with Gasteiger partial charge in [-0.3, -0.25) is 9.59 Å². The lowest BCUT2D eigenvalue weighted by molar-refractivity contribution is -0.144. The zero-order valence-corrected chi connectivity index (χ0v) is 13.3. The zero-order valence-electron chi connectivity index (χ0n) is 13.3. The second-order valence-corrected chi connectivity index (χ2v) is 5.31. The molecule has 0 saturated carbocycles. The third-order valence-electron chi connectivity index (χ3n) is 3.18. The Hall–Kier alpha value is -1.84. The van der Waals surface area contributed by atoms with E-state index in [1.165, 1.54) is 5.56 Å². The molecule has 0 bridgehead atoms. The number of hydrogen-bond acceptors (Lipinski definition) is 4. The normalized spacial score (nSPS) is 10.5. The Bertz CT molecular complexity index is 492. The van der Waals surface area contributed by atoms with Gasteiger partial charge in [-0.2, -0.15) is 0 Å². The van der Waals surface area contributed by atoms with Gasteiger partial charge in [-0.1, -0.05) is 26.0 Å². The number of carbonyl (C=O) groups is 2. The number of benzene rings is 1. The van der Waals surface area contributed by atoms with Crippen LogP contribution in [-0.2, 0) is 14.3 Å². The van der Waals surface area contributed by atoms with E-state index in [4.69, 9.17) is 9.47 Å². The van der Waals surface area contributed by atoms with Crippen LogP contribution >= 0.6 is 0 Å². The predicted molar refractivity (Wildman–Crippen MR) is 81.6 cm³/mol. The smallest absolute Gasteiger partial charge is 0.306 e. The fourth-order valence-electron chi connectivity index (χ4n) is 1.84. The maximum absolute atomic E-state index is 11.7. The van der Waals surface area contributed by atoms with Gasteiger partial charge in [-0.15, -0.1) is 0 Å². The van der Waals surface area contributed by atoms with Gasteiger partial charge in [0.25, 0.3) is 0 Å². The van der Waals surface area contributed by atoms with Crippen molar-refractivity contribution in [1.29, 1.82) is 0 Å². The standard InChI is InChI=1S/C17H24O4/c1-5-20-17(19)9-8-15(18)11-21-16-10-14(12(2)3)7-6-13(16)4/h6-7,10,12H,5,8-9,11H2,1-4H3. The van der Waals surface area contributed by atoms with Crippen molar-refractivity contribution in [3.63, 3.8) is 0 Å². The van der Waals surface area contributed by atoms with Crippen molar-refractivity contribution in [2.45, 2.75) is 46.5 Å². The van der Waals surface area contributed by atoms with Gasteiger partial charge in [0, 0.05) is 6.42 Å².